The van der Waals surface area contributed by atoms with Crippen LogP contribution in [0.5, 0.6) is 0 Å². The summed E-state index contributed by atoms with van der Waals surface area (Å²) in [5.74, 6) is -0.435. The molecule has 0 aromatic heterocycles. The van der Waals surface area contributed by atoms with Crippen LogP contribution >= 0.6 is 15.9 Å². The van der Waals surface area contributed by atoms with Gasteiger partial charge in [0.2, 0.25) is 5.91 Å². The first-order valence-corrected chi connectivity index (χ1v) is 9.14. The van der Waals surface area contributed by atoms with E-state index in [1.165, 1.54) is 7.11 Å². The molecule has 26 heavy (non-hydrogen) atoms. The second-order valence-electron chi connectivity index (χ2n) is 6.24. The van der Waals surface area contributed by atoms with Gasteiger partial charge in [0.1, 0.15) is 5.41 Å². The lowest BCUT2D eigenvalue weighted by atomic mass is 9.79. The fourth-order valence-electron chi connectivity index (χ4n) is 3.16. The largest absolute Gasteiger partial charge is 0.465 e. The van der Waals surface area contributed by atoms with Gasteiger partial charge in [0, 0.05) is 17.6 Å². The predicted octanol–water partition coefficient (Wildman–Crippen LogP) is 3.21. The van der Waals surface area contributed by atoms with Crippen molar-refractivity contribution in [1.82, 2.24) is 5.32 Å². The van der Waals surface area contributed by atoms with Crippen molar-refractivity contribution in [2.75, 3.05) is 20.3 Å². The van der Waals surface area contributed by atoms with Gasteiger partial charge >= 0.3 is 5.97 Å². The van der Waals surface area contributed by atoms with Crippen molar-refractivity contribution in [2.24, 2.45) is 0 Å². The van der Waals surface area contributed by atoms with Crippen molar-refractivity contribution in [3.63, 3.8) is 0 Å². The van der Waals surface area contributed by atoms with Gasteiger partial charge in [0.05, 0.1) is 19.3 Å². The van der Waals surface area contributed by atoms with E-state index in [9.17, 15) is 9.59 Å². The van der Waals surface area contributed by atoms with Gasteiger partial charge in [-0.15, -0.1) is 0 Å². The first-order valence-electron chi connectivity index (χ1n) is 8.35. The Bertz CT molecular complexity index is 798. The summed E-state index contributed by atoms with van der Waals surface area (Å²) in [5.41, 5.74) is 1.64. The van der Waals surface area contributed by atoms with Gasteiger partial charge in [-0.1, -0.05) is 46.3 Å². The molecule has 1 heterocycles. The van der Waals surface area contributed by atoms with Gasteiger partial charge in [0.25, 0.3) is 0 Å². The Morgan fingerprint density at radius 2 is 1.92 bits per heavy atom. The summed E-state index contributed by atoms with van der Waals surface area (Å²) < 4.78 is 11.2. The van der Waals surface area contributed by atoms with E-state index in [0.29, 0.717) is 31.7 Å². The van der Waals surface area contributed by atoms with Crippen LogP contribution in [0.25, 0.3) is 0 Å². The number of benzene rings is 2. The van der Waals surface area contributed by atoms with E-state index >= 15 is 0 Å². The number of carbonyl (C=O) groups is 2. The van der Waals surface area contributed by atoms with Crippen molar-refractivity contribution < 1.29 is 19.1 Å². The van der Waals surface area contributed by atoms with Crippen LogP contribution in [-0.2, 0) is 26.2 Å². The topological polar surface area (TPSA) is 64.6 Å². The number of halogens is 1. The Morgan fingerprint density at radius 1 is 1.19 bits per heavy atom. The maximum absolute atomic E-state index is 13.0. The molecule has 0 aliphatic carbocycles. The first kappa shape index (κ1) is 18.6. The highest BCUT2D eigenvalue weighted by Crippen LogP contribution is 2.37. The summed E-state index contributed by atoms with van der Waals surface area (Å²) >= 11 is 3.55. The fraction of sp³-hybridized carbons (Fsp3) is 0.300. The van der Waals surface area contributed by atoms with Gasteiger partial charge in [-0.3, -0.25) is 4.79 Å². The summed E-state index contributed by atoms with van der Waals surface area (Å²) in [6.07, 6.45) is 0.642. The number of carbonyl (C=O) groups excluding carboxylic acids is 2. The molecule has 0 spiro atoms. The third kappa shape index (κ3) is 3.66. The van der Waals surface area contributed by atoms with Crippen LogP contribution in [0.3, 0.4) is 0 Å². The van der Waals surface area contributed by atoms with E-state index in [4.69, 9.17) is 4.74 Å². The summed E-state index contributed by atoms with van der Waals surface area (Å²) in [6.45, 7) is 1.30. The highest BCUT2D eigenvalue weighted by atomic mass is 79.9. The van der Waals surface area contributed by atoms with Crippen LogP contribution in [0.2, 0.25) is 0 Å². The molecular weight excluding hydrogens is 398 g/mol. The van der Waals surface area contributed by atoms with Crippen LogP contribution in [0.1, 0.15) is 27.9 Å². The molecule has 6 heteroatoms. The monoisotopic (exact) mass is 417 g/mol. The molecule has 1 N–H and O–H groups in total. The average Bonchev–Trinajstić information content (AvgIpc) is 3.17. The van der Waals surface area contributed by atoms with E-state index in [1.807, 2.05) is 36.4 Å². The normalized spacial score (nSPS) is 19.2. The zero-order chi connectivity index (χ0) is 18.6. The summed E-state index contributed by atoms with van der Waals surface area (Å²) in [4.78, 5) is 24.5. The minimum atomic E-state index is -0.688. The molecule has 0 bridgehead atoms. The number of hydrogen-bond acceptors (Lipinski definition) is 4. The quantitative estimate of drug-likeness (QED) is 0.758. The second-order valence-corrected chi connectivity index (χ2v) is 7.09. The Labute approximate surface area is 160 Å². The van der Waals surface area contributed by atoms with E-state index in [0.717, 1.165) is 15.6 Å². The molecule has 0 radical (unpaired) electrons. The lowest BCUT2D eigenvalue weighted by Gasteiger charge is -2.27. The first-order chi connectivity index (χ1) is 12.6. The van der Waals surface area contributed by atoms with Crippen molar-refractivity contribution in [3.8, 4) is 0 Å². The number of ether oxygens (including phenoxy) is 2. The Hall–Kier alpha value is -2.18. The molecule has 1 atom stereocenters. The van der Waals surface area contributed by atoms with Gasteiger partial charge in [-0.2, -0.15) is 0 Å². The molecule has 136 valence electrons. The summed E-state index contributed by atoms with van der Waals surface area (Å²) in [6, 6.07) is 14.8. The molecule has 1 aliphatic rings. The standard InChI is InChI=1S/C20H20BrNO4/c1-25-18(23)15-8-6-14(7-9-15)12-22-19(24)20(10-11-26-13-20)16-4-2-3-5-17(16)21/h2-9H,10-13H2,1H3,(H,22,24). The van der Waals surface area contributed by atoms with E-state index in [1.54, 1.807) is 12.1 Å². The maximum atomic E-state index is 13.0. The number of rotatable bonds is 5. The third-order valence-electron chi connectivity index (χ3n) is 4.67. The molecule has 1 fully saturated rings. The van der Waals surface area contributed by atoms with Crippen molar-refractivity contribution in [3.05, 3.63) is 69.7 Å². The van der Waals surface area contributed by atoms with Crippen molar-refractivity contribution in [2.45, 2.75) is 18.4 Å². The SMILES string of the molecule is COC(=O)c1ccc(CNC(=O)C2(c3ccccc3Br)CCOC2)cc1. The zero-order valence-corrected chi connectivity index (χ0v) is 16.0. The summed E-state index contributed by atoms with van der Waals surface area (Å²) in [5, 5.41) is 3.01. The molecule has 0 saturated carbocycles. The number of hydrogen-bond donors (Lipinski definition) is 1. The predicted molar refractivity (Wildman–Crippen MR) is 101 cm³/mol. The lowest BCUT2D eigenvalue weighted by Crippen LogP contribution is -2.45. The molecule has 2 aromatic carbocycles. The fourth-order valence-corrected chi connectivity index (χ4v) is 3.82. The molecule has 1 saturated heterocycles. The molecule has 1 unspecified atom stereocenters. The van der Waals surface area contributed by atoms with Crippen LogP contribution in [-0.4, -0.2) is 32.2 Å². The Kier molecular flexibility index (Phi) is 5.74. The zero-order valence-electron chi connectivity index (χ0n) is 14.5. The minimum absolute atomic E-state index is 0.0565. The molecule has 5 nitrogen and oxygen atoms in total. The van der Waals surface area contributed by atoms with Gasteiger partial charge in [-0.05, 0) is 35.7 Å². The number of esters is 1. The molecule has 1 amide bonds. The third-order valence-corrected chi connectivity index (χ3v) is 5.37. The number of nitrogens with one attached hydrogen (secondary N) is 1. The average molecular weight is 418 g/mol. The van der Waals surface area contributed by atoms with E-state index in [-0.39, 0.29) is 11.9 Å². The highest BCUT2D eigenvalue weighted by Gasteiger charge is 2.44. The molecule has 3 rings (SSSR count). The van der Waals surface area contributed by atoms with Gasteiger partial charge in [-0.25, -0.2) is 4.79 Å². The van der Waals surface area contributed by atoms with E-state index in [2.05, 4.69) is 26.0 Å². The molecule has 2 aromatic rings. The second kappa shape index (κ2) is 8.01. The van der Waals surface area contributed by atoms with Crippen LogP contribution < -0.4 is 5.32 Å². The van der Waals surface area contributed by atoms with Crippen LogP contribution in [0.15, 0.2) is 53.0 Å². The van der Waals surface area contributed by atoms with Crippen molar-refractivity contribution >= 4 is 27.8 Å². The Balaban J connectivity index is 1.73. The molecular formula is C20H20BrNO4. The minimum Gasteiger partial charge on any atom is -0.465 e. The van der Waals surface area contributed by atoms with Crippen LogP contribution in [0.4, 0.5) is 0 Å². The summed E-state index contributed by atoms with van der Waals surface area (Å²) in [7, 11) is 1.35. The number of methoxy groups -OCH3 is 1. The van der Waals surface area contributed by atoms with Crippen LogP contribution in [0, 0.1) is 0 Å². The van der Waals surface area contributed by atoms with Crippen molar-refractivity contribution in [1.29, 1.82) is 0 Å². The Morgan fingerprint density at radius 3 is 2.54 bits per heavy atom. The molecule has 1 aliphatic heterocycles. The maximum Gasteiger partial charge on any atom is 0.337 e. The lowest BCUT2D eigenvalue weighted by molar-refractivity contribution is -0.127. The smallest absolute Gasteiger partial charge is 0.337 e. The van der Waals surface area contributed by atoms with Gasteiger partial charge in [0.15, 0.2) is 0 Å². The number of amides is 1. The highest BCUT2D eigenvalue weighted by molar-refractivity contribution is 9.10. The van der Waals surface area contributed by atoms with E-state index < -0.39 is 5.41 Å². The van der Waals surface area contributed by atoms with Gasteiger partial charge < -0.3 is 14.8 Å².